The molecule has 2 heterocycles. The Morgan fingerprint density at radius 1 is 1.41 bits per heavy atom. The van der Waals surface area contributed by atoms with E-state index in [0.29, 0.717) is 11.7 Å². The maximum absolute atomic E-state index is 11.8. The molecule has 5 nitrogen and oxygen atoms in total. The van der Waals surface area contributed by atoms with Crippen LogP contribution in [0.2, 0.25) is 0 Å². The summed E-state index contributed by atoms with van der Waals surface area (Å²) in [6, 6.07) is 1.74. The Kier molecular flexibility index (Phi) is 2.83. The van der Waals surface area contributed by atoms with Gasteiger partial charge in [0.1, 0.15) is 12.0 Å². The van der Waals surface area contributed by atoms with Crippen molar-refractivity contribution in [1.29, 1.82) is 0 Å². The molecule has 0 N–H and O–H groups in total. The molecule has 0 aliphatic rings. The summed E-state index contributed by atoms with van der Waals surface area (Å²) in [5.74, 6) is 0.844. The molecule has 0 fully saturated rings. The third-order valence-electron chi connectivity index (χ3n) is 2.40. The Balaban J connectivity index is 2.12. The minimum Gasteiger partial charge on any atom is -0.472 e. The summed E-state index contributed by atoms with van der Waals surface area (Å²) in [5.41, 5.74) is 0.341. The molecule has 0 saturated heterocycles. The number of ketones is 1. The average molecular weight is 234 g/mol. The molecule has 0 unspecified atom stereocenters. The summed E-state index contributed by atoms with van der Waals surface area (Å²) in [6.45, 7) is 5.59. The van der Waals surface area contributed by atoms with Crippen molar-refractivity contribution in [1.82, 2.24) is 10.1 Å². The molecule has 0 saturated carbocycles. The predicted octanol–water partition coefficient (Wildman–Crippen LogP) is 2.49. The molecular formula is C12H14N2O3. The number of aromatic nitrogens is 2. The van der Waals surface area contributed by atoms with Crippen LogP contribution in [-0.2, 0) is 11.2 Å². The van der Waals surface area contributed by atoms with Crippen molar-refractivity contribution in [3.8, 4) is 11.4 Å². The number of rotatable bonds is 3. The van der Waals surface area contributed by atoms with Crippen molar-refractivity contribution in [2.24, 2.45) is 5.41 Å². The maximum atomic E-state index is 11.8. The molecule has 0 atom stereocenters. The van der Waals surface area contributed by atoms with Gasteiger partial charge in [-0.2, -0.15) is 4.98 Å². The average Bonchev–Trinajstić information content (AvgIpc) is 2.83. The van der Waals surface area contributed by atoms with E-state index in [1.807, 2.05) is 20.8 Å². The fourth-order valence-corrected chi connectivity index (χ4v) is 1.24. The summed E-state index contributed by atoms with van der Waals surface area (Å²) in [7, 11) is 0. The first-order chi connectivity index (χ1) is 7.97. The largest absolute Gasteiger partial charge is 0.472 e. The third-order valence-corrected chi connectivity index (χ3v) is 2.40. The highest BCUT2D eigenvalue weighted by atomic mass is 16.5. The number of carbonyl (C=O) groups is 1. The molecule has 2 aromatic rings. The van der Waals surface area contributed by atoms with Crippen LogP contribution in [0.25, 0.3) is 11.4 Å². The SMILES string of the molecule is CC(C)(C)C(=O)Cc1nc(-c2ccoc2)no1. The van der Waals surface area contributed by atoms with Crippen molar-refractivity contribution >= 4 is 5.78 Å². The van der Waals surface area contributed by atoms with E-state index < -0.39 is 5.41 Å². The number of hydrogen-bond donors (Lipinski definition) is 0. The van der Waals surface area contributed by atoms with E-state index in [2.05, 4.69) is 10.1 Å². The van der Waals surface area contributed by atoms with Crippen LogP contribution in [0.4, 0.5) is 0 Å². The van der Waals surface area contributed by atoms with Gasteiger partial charge in [0.2, 0.25) is 11.7 Å². The van der Waals surface area contributed by atoms with E-state index in [1.165, 1.54) is 12.5 Å². The number of carbonyl (C=O) groups excluding carboxylic acids is 1. The van der Waals surface area contributed by atoms with Crippen LogP contribution in [-0.4, -0.2) is 15.9 Å². The second kappa shape index (κ2) is 4.16. The number of Topliss-reactive ketones (excluding diaryl/α,β-unsaturated/α-hetero) is 1. The molecule has 90 valence electrons. The van der Waals surface area contributed by atoms with Crippen molar-refractivity contribution in [3.63, 3.8) is 0 Å². The van der Waals surface area contributed by atoms with Crippen LogP contribution >= 0.6 is 0 Å². The normalized spacial score (nSPS) is 11.7. The lowest BCUT2D eigenvalue weighted by atomic mass is 9.89. The van der Waals surface area contributed by atoms with E-state index >= 15 is 0 Å². The molecule has 0 amide bonds. The van der Waals surface area contributed by atoms with E-state index in [-0.39, 0.29) is 12.2 Å². The van der Waals surface area contributed by atoms with E-state index in [0.717, 1.165) is 5.56 Å². The molecular weight excluding hydrogens is 220 g/mol. The molecule has 17 heavy (non-hydrogen) atoms. The summed E-state index contributed by atoms with van der Waals surface area (Å²) in [6.07, 6.45) is 3.22. The highest BCUT2D eigenvalue weighted by molar-refractivity contribution is 5.85. The van der Waals surface area contributed by atoms with Gasteiger partial charge in [-0.3, -0.25) is 4.79 Å². The predicted molar refractivity (Wildman–Crippen MR) is 60.2 cm³/mol. The van der Waals surface area contributed by atoms with Crippen molar-refractivity contribution in [3.05, 3.63) is 24.5 Å². The smallest absolute Gasteiger partial charge is 0.234 e. The van der Waals surface area contributed by atoms with Crippen molar-refractivity contribution in [2.75, 3.05) is 0 Å². The van der Waals surface area contributed by atoms with Crippen LogP contribution in [0, 0.1) is 5.41 Å². The fraction of sp³-hybridized carbons (Fsp3) is 0.417. The molecule has 0 aliphatic carbocycles. The van der Waals surface area contributed by atoms with Crippen LogP contribution in [0.15, 0.2) is 27.5 Å². The number of hydrogen-bond acceptors (Lipinski definition) is 5. The summed E-state index contributed by atoms with van der Waals surface area (Å²) in [4.78, 5) is 15.9. The van der Waals surface area contributed by atoms with Gasteiger partial charge in [-0.05, 0) is 6.07 Å². The molecule has 0 radical (unpaired) electrons. The second-order valence-electron chi connectivity index (χ2n) is 4.87. The summed E-state index contributed by atoms with van der Waals surface area (Å²) < 4.78 is 9.96. The van der Waals surface area contributed by atoms with Gasteiger partial charge in [-0.25, -0.2) is 0 Å². The van der Waals surface area contributed by atoms with E-state index in [9.17, 15) is 4.79 Å². The lowest BCUT2D eigenvalue weighted by molar-refractivity contribution is -0.125. The minimum atomic E-state index is -0.399. The Morgan fingerprint density at radius 2 is 2.18 bits per heavy atom. The van der Waals surface area contributed by atoms with Crippen LogP contribution in [0.3, 0.4) is 0 Å². The Morgan fingerprint density at radius 3 is 2.76 bits per heavy atom. The number of furan rings is 1. The Hall–Kier alpha value is -1.91. The molecule has 2 aromatic heterocycles. The van der Waals surface area contributed by atoms with Crippen LogP contribution in [0.1, 0.15) is 26.7 Å². The molecule has 5 heteroatoms. The van der Waals surface area contributed by atoms with Gasteiger partial charge >= 0.3 is 0 Å². The quantitative estimate of drug-likeness (QED) is 0.816. The van der Waals surface area contributed by atoms with Gasteiger partial charge in [-0.15, -0.1) is 0 Å². The molecule has 0 aromatic carbocycles. The van der Waals surface area contributed by atoms with Gasteiger partial charge in [-0.1, -0.05) is 25.9 Å². The Bertz CT molecular complexity index is 506. The zero-order valence-corrected chi connectivity index (χ0v) is 10.1. The van der Waals surface area contributed by atoms with Crippen molar-refractivity contribution in [2.45, 2.75) is 27.2 Å². The first kappa shape index (κ1) is 11.6. The Labute approximate surface area is 98.8 Å². The lowest BCUT2D eigenvalue weighted by Gasteiger charge is -2.14. The van der Waals surface area contributed by atoms with Crippen LogP contribution < -0.4 is 0 Å². The highest BCUT2D eigenvalue weighted by Gasteiger charge is 2.23. The fourth-order valence-electron chi connectivity index (χ4n) is 1.24. The maximum Gasteiger partial charge on any atom is 0.234 e. The van der Waals surface area contributed by atoms with Gasteiger partial charge in [0, 0.05) is 5.41 Å². The topological polar surface area (TPSA) is 69.1 Å². The zero-order valence-electron chi connectivity index (χ0n) is 10.1. The van der Waals surface area contributed by atoms with Crippen LogP contribution in [0.5, 0.6) is 0 Å². The van der Waals surface area contributed by atoms with Crippen molar-refractivity contribution < 1.29 is 13.7 Å². The van der Waals surface area contributed by atoms with E-state index in [1.54, 1.807) is 6.07 Å². The first-order valence-electron chi connectivity index (χ1n) is 5.35. The summed E-state index contributed by atoms with van der Waals surface area (Å²) >= 11 is 0. The van der Waals surface area contributed by atoms with Gasteiger partial charge in [0.05, 0.1) is 18.2 Å². The zero-order chi connectivity index (χ0) is 12.5. The molecule has 0 bridgehead atoms. The second-order valence-corrected chi connectivity index (χ2v) is 4.87. The molecule has 2 rings (SSSR count). The standard InChI is InChI=1S/C12H14N2O3/c1-12(2,3)9(15)6-10-13-11(14-17-10)8-4-5-16-7-8/h4-5,7H,6H2,1-3H3. The van der Waals surface area contributed by atoms with E-state index in [4.69, 9.17) is 8.94 Å². The van der Waals surface area contributed by atoms with Gasteiger partial charge in [0.15, 0.2) is 0 Å². The van der Waals surface area contributed by atoms with Gasteiger partial charge in [0.25, 0.3) is 0 Å². The first-order valence-corrected chi connectivity index (χ1v) is 5.35. The highest BCUT2D eigenvalue weighted by Crippen LogP contribution is 2.19. The van der Waals surface area contributed by atoms with Gasteiger partial charge < -0.3 is 8.94 Å². The lowest BCUT2D eigenvalue weighted by Crippen LogP contribution is -2.22. The molecule has 0 aliphatic heterocycles. The third kappa shape index (κ3) is 2.61. The number of nitrogens with zero attached hydrogens (tertiary/aromatic N) is 2. The monoisotopic (exact) mass is 234 g/mol. The molecule has 0 spiro atoms. The summed E-state index contributed by atoms with van der Waals surface area (Å²) in [5, 5.41) is 3.80. The minimum absolute atomic E-state index is 0.0693.